The first kappa shape index (κ1) is 22.5. The number of hydrazine groups is 1. The molecule has 3 N–H and O–H groups in total. The zero-order chi connectivity index (χ0) is 22.5. The molecule has 0 aliphatic heterocycles. The molecule has 9 nitrogen and oxygen atoms in total. The van der Waals surface area contributed by atoms with Crippen molar-refractivity contribution in [2.24, 2.45) is 0 Å². The van der Waals surface area contributed by atoms with Gasteiger partial charge >= 0.3 is 17.8 Å². The molecule has 1 amide bonds. The highest BCUT2D eigenvalue weighted by Gasteiger charge is 2.63. The summed E-state index contributed by atoms with van der Waals surface area (Å²) in [6, 6.07) is 7.72. The van der Waals surface area contributed by atoms with E-state index in [1.807, 2.05) is 0 Å². The number of halogens is 4. The quantitative estimate of drug-likeness (QED) is 0.203. The van der Waals surface area contributed by atoms with Crippen LogP contribution < -0.4 is 16.2 Å². The van der Waals surface area contributed by atoms with Crippen LogP contribution in [0.5, 0.6) is 0 Å². The topological polar surface area (TPSA) is 123 Å². The van der Waals surface area contributed by atoms with Crippen LogP contribution in [0.1, 0.15) is 10.4 Å². The second-order valence-corrected chi connectivity index (χ2v) is 5.75. The maximum atomic E-state index is 13.9. The smallest absolute Gasteiger partial charge is 0.438 e. The highest BCUT2D eigenvalue weighted by Crippen LogP contribution is 2.30. The minimum atomic E-state index is -5.40. The number of rotatable bonds is 7. The lowest BCUT2D eigenvalue weighted by atomic mass is 10.1. The number of carbonyl (C=O) groups is 2. The van der Waals surface area contributed by atoms with Crippen molar-refractivity contribution in [2.75, 3.05) is 12.5 Å². The Morgan fingerprint density at radius 3 is 2.07 bits per heavy atom. The normalized spacial score (nSPS) is 13.1. The van der Waals surface area contributed by atoms with E-state index in [9.17, 15) is 37.3 Å². The van der Waals surface area contributed by atoms with Crippen molar-refractivity contribution in [3.8, 4) is 0 Å². The number of non-ortho nitro benzene ring substituents is 1. The predicted molar refractivity (Wildman–Crippen MR) is 94.5 cm³/mol. The lowest BCUT2D eigenvalue weighted by Crippen LogP contribution is -2.73. The van der Waals surface area contributed by atoms with Crippen LogP contribution in [0.4, 0.5) is 28.9 Å². The number of ether oxygens (including phenoxy) is 1. The predicted octanol–water partition coefficient (Wildman–Crippen LogP) is 2.51. The van der Waals surface area contributed by atoms with Crippen LogP contribution in [0.2, 0.25) is 0 Å². The lowest BCUT2D eigenvalue weighted by Gasteiger charge is -2.34. The molecule has 13 heteroatoms. The van der Waals surface area contributed by atoms with E-state index < -0.39 is 34.5 Å². The number of esters is 1. The molecule has 0 radical (unpaired) electrons. The van der Waals surface area contributed by atoms with Crippen molar-refractivity contribution in [1.29, 1.82) is 0 Å². The van der Waals surface area contributed by atoms with Crippen molar-refractivity contribution < 1.29 is 36.8 Å². The lowest BCUT2D eigenvalue weighted by molar-refractivity contribution is -0.384. The van der Waals surface area contributed by atoms with Gasteiger partial charge in [0, 0.05) is 23.4 Å². The molecule has 0 bridgehead atoms. The van der Waals surface area contributed by atoms with Gasteiger partial charge in [0.25, 0.3) is 11.6 Å². The van der Waals surface area contributed by atoms with Gasteiger partial charge in [0.1, 0.15) is 5.82 Å². The molecule has 1 atom stereocenters. The first-order chi connectivity index (χ1) is 14.0. The van der Waals surface area contributed by atoms with Crippen LogP contribution >= 0.6 is 0 Å². The molecule has 2 aromatic rings. The summed E-state index contributed by atoms with van der Waals surface area (Å²) >= 11 is 0. The highest BCUT2D eigenvalue weighted by molar-refractivity contribution is 5.98. The van der Waals surface area contributed by atoms with E-state index >= 15 is 0 Å². The number of methoxy groups -OCH3 is 1. The number of alkyl halides is 3. The van der Waals surface area contributed by atoms with Crippen LogP contribution in [0.15, 0.2) is 48.5 Å². The summed E-state index contributed by atoms with van der Waals surface area (Å²) in [4.78, 5) is 34.3. The molecular formula is C17H14F4N4O5. The molecule has 0 saturated heterocycles. The van der Waals surface area contributed by atoms with Gasteiger partial charge in [-0.05, 0) is 36.4 Å². The Labute approximate surface area is 166 Å². The van der Waals surface area contributed by atoms with Crippen LogP contribution in [-0.4, -0.2) is 35.7 Å². The number of hydrogen-bond acceptors (Lipinski definition) is 7. The van der Waals surface area contributed by atoms with Gasteiger partial charge in [0.15, 0.2) is 0 Å². The fourth-order valence-corrected chi connectivity index (χ4v) is 2.22. The van der Waals surface area contributed by atoms with Crippen molar-refractivity contribution in [3.05, 3.63) is 70.0 Å². The summed E-state index contributed by atoms with van der Waals surface area (Å²) in [7, 11) is 0.681. The summed E-state index contributed by atoms with van der Waals surface area (Å²) in [6.45, 7) is 0. The van der Waals surface area contributed by atoms with Gasteiger partial charge < -0.3 is 15.5 Å². The first-order valence-electron chi connectivity index (χ1n) is 8.01. The van der Waals surface area contributed by atoms with E-state index in [2.05, 4.69) is 10.2 Å². The van der Waals surface area contributed by atoms with Gasteiger partial charge in [-0.1, -0.05) is 0 Å². The van der Waals surface area contributed by atoms with E-state index in [0.717, 1.165) is 48.5 Å². The molecule has 2 rings (SSSR count). The van der Waals surface area contributed by atoms with Crippen LogP contribution in [0.25, 0.3) is 0 Å². The van der Waals surface area contributed by atoms with E-state index in [-0.39, 0.29) is 16.9 Å². The van der Waals surface area contributed by atoms with Crippen LogP contribution in [0.3, 0.4) is 0 Å². The second-order valence-electron chi connectivity index (χ2n) is 5.75. The molecule has 0 aliphatic rings. The van der Waals surface area contributed by atoms with Gasteiger partial charge in [-0.2, -0.15) is 18.6 Å². The Hall–Kier alpha value is -3.74. The number of anilines is 1. The molecule has 0 spiro atoms. The Bertz CT molecular complexity index is 935. The first-order valence-corrected chi connectivity index (χ1v) is 8.01. The van der Waals surface area contributed by atoms with Gasteiger partial charge in [0.2, 0.25) is 0 Å². The Balaban J connectivity index is 2.35. The number of nitro benzene ring substituents is 1. The minimum Gasteiger partial charge on any atom is -0.466 e. The number of hydrogen-bond donors (Lipinski definition) is 3. The fourth-order valence-electron chi connectivity index (χ4n) is 2.22. The number of carbonyl (C=O) groups excluding carboxylic acids is 2. The molecule has 30 heavy (non-hydrogen) atoms. The summed E-state index contributed by atoms with van der Waals surface area (Å²) in [6.07, 6.45) is -5.40. The molecule has 0 fully saturated rings. The number of nitro groups is 1. The zero-order valence-corrected chi connectivity index (χ0v) is 15.1. The van der Waals surface area contributed by atoms with E-state index in [0.29, 0.717) is 7.11 Å². The average molecular weight is 430 g/mol. The third-order valence-electron chi connectivity index (χ3n) is 3.80. The Morgan fingerprint density at radius 2 is 1.60 bits per heavy atom. The Kier molecular flexibility index (Phi) is 6.56. The third-order valence-corrected chi connectivity index (χ3v) is 3.80. The zero-order valence-electron chi connectivity index (χ0n) is 15.1. The van der Waals surface area contributed by atoms with Gasteiger partial charge in [0.05, 0.1) is 12.0 Å². The molecule has 0 heterocycles. The summed E-state index contributed by atoms with van der Waals surface area (Å²) in [5.74, 6) is -3.98. The van der Waals surface area contributed by atoms with Crippen molar-refractivity contribution in [2.45, 2.75) is 11.8 Å². The second kappa shape index (κ2) is 8.73. The molecule has 2 aromatic carbocycles. The van der Waals surface area contributed by atoms with Gasteiger partial charge in [-0.15, -0.1) is 0 Å². The van der Waals surface area contributed by atoms with Crippen molar-refractivity contribution >= 4 is 23.3 Å². The maximum Gasteiger partial charge on any atom is 0.438 e. The number of benzene rings is 2. The largest absolute Gasteiger partial charge is 0.466 e. The molecule has 0 aliphatic carbocycles. The van der Waals surface area contributed by atoms with Crippen molar-refractivity contribution in [3.63, 3.8) is 0 Å². The van der Waals surface area contributed by atoms with E-state index in [1.54, 1.807) is 5.43 Å². The molecular weight excluding hydrogens is 416 g/mol. The number of nitrogens with one attached hydrogen (secondary N) is 3. The standard InChI is InChI=1S/C17H14F4N4O5/c1-30-15(27)16(17(19,20)21,22-14(26)10-2-4-11(18)5-3-10)24-23-12-6-8-13(9-7-12)25(28)29/h2-9,23-24H,1H3,(H,22,26)/t16-/m1/s1. The SMILES string of the molecule is COC(=O)[C@](NNc1ccc([N+](=O)[O-])cc1)(NC(=O)c1ccc(F)cc1)C(F)(F)F. The van der Waals surface area contributed by atoms with Gasteiger partial charge in [-0.25, -0.2) is 9.18 Å². The summed E-state index contributed by atoms with van der Waals surface area (Å²) < 4.78 is 58.8. The fraction of sp³-hybridized carbons (Fsp3) is 0.176. The third kappa shape index (κ3) is 4.81. The van der Waals surface area contributed by atoms with Crippen LogP contribution in [0, 0.1) is 15.9 Å². The maximum absolute atomic E-state index is 13.9. The van der Waals surface area contributed by atoms with E-state index in [4.69, 9.17) is 0 Å². The highest BCUT2D eigenvalue weighted by atomic mass is 19.4. The monoisotopic (exact) mass is 430 g/mol. The Morgan fingerprint density at radius 1 is 1.03 bits per heavy atom. The summed E-state index contributed by atoms with van der Waals surface area (Å²) in [5.41, 5.74) is -0.758. The number of amides is 1. The molecule has 0 saturated carbocycles. The molecule has 160 valence electrons. The average Bonchev–Trinajstić information content (AvgIpc) is 2.70. The van der Waals surface area contributed by atoms with E-state index in [1.165, 1.54) is 5.32 Å². The van der Waals surface area contributed by atoms with Crippen molar-refractivity contribution in [1.82, 2.24) is 10.7 Å². The van der Waals surface area contributed by atoms with Crippen LogP contribution in [-0.2, 0) is 9.53 Å². The number of nitrogens with zero attached hydrogens (tertiary/aromatic N) is 1. The molecule has 0 aromatic heterocycles. The minimum absolute atomic E-state index is 0.0887. The summed E-state index contributed by atoms with van der Waals surface area (Å²) in [5, 5.41) is 12.2. The molecule has 0 unspecified atom stereocenters. The van der Waals surface area contributed by atoms with Gasteiger partial charge in [-0.3, -0.25) is 14.9 Å².